The van der Waals surface area contributed by atoms with E-state index in [0.29, 0.717) is 45.0 Å². The molecule has 2 N–H and O–H groups in total. The first-order valence-electron chi connectivity index (χ1n) is 19.0. The fourth-order valence-corrected chi connectivity index (χ4v) is 9.75. The van der Waals surface area contributed by atoms with Gasteiger partial charge in [0.25, 0.3) is 11.8 Å². The molecular formula is C47H39N3O7. The van der Waals surface area contributed by atoms with E-state index in [1.807, 2.05) is 61.5 Å². The molecule has 2 saturated heterocycles. The summed E-state index contributed by atoms with van der Waals surface area (Å²) in [6.45, 7) is 1.95. The smallest absolute Gasteiger partial charge is 0.260 e. The van der Waals surface area contributed by atoms with Crippen LogP contribution in [0.2, 0.25) is 0 Å². The second-order valence-corrected chi connectivity index (χ2v) is 15.3. The van der Waals surface area contributed by atoms with E-state index in [0.717, 1.165) is 10.6 Å². The number of methoxy groups -OCH3 is 1. The molecule has 0 aromatic heterocycles. The van der Waals surface area contributed by atoms with Gasteiger partial charge in [0, 0.05) is 22.6 Å². The van der Waals surface area contributed by atoms with Crippen molar-refractivity contribution in [3.05, 3.63) is 167 Å². The highest BCUT2D eigenvalue weighted by atomic mass is 16.5. The highest BCUT2D eigenvalue weighted by Crippen LogP contribution is 2.65. The Kier molecular flexibility index (Phi) is 8.64. The summed E-state index contributed by atoms with van der Waals surface area (Å²) in [5.74, 6) is -5.63. The second-order valence-electron chi connectivity index (χ2n) is 15.3. The van der Waals surface area contributed by atoms with Gasteiger partial charge in [-0.15, -0.1) is 0 Å². The van der Waals surface area contributed by atoms with Gasteiger partial charge in [-0.05, 0) is 85.8 Å². The van der Waals surface area contributed by atoms with Crippen LogP contribution in [0.15, 0.2) is 139 Å². The molecule has 2 heterocycles. The van der Waals surface area contributed by atoms with Gasteiger partial charge in [-0.3, -0.25) is 34.3 Å². The van der Waals surface area contributed by atoms with Gasteiger partial charge in [0.05, 0.1) is 41.7 Å². The summed E-state index contributed by atoms with van der Waals surface area (Å²) >= 11 is 0. The monoisotopic (exact) mass is 757 g/mol. The molecule has 4 amide bonds. The summed E-state index contributed by atoms with van der Waals surface area (Å²) in [6, 6.07) is 36.7. The van der Waals surface area contributed by atoms with Crippen molar-refractivity contribution in [1.82, 2.24) is 5.01 Å². The molecule has 57 heavy (non-hydrogen) atoms. The van der Waals surface area contributed by atoms with Gasteiger partial charge in [-0.2, -0.15) is 5.01 Å². The number of amides is 4. The highest BCUT2D eigenvalue weighted by Gasteiger charge is 2.70. The minimum atomic E-state index is -1.54. The number of phenols is 1. The second kappa shape index (κ2) is 13.7. The number of allylic oxidation sites excluding steroid dienone is 2. The van der Waals surface area contributed by atoms with E-state index >= 15 is 4.79 Å². The topological polar surface area (TPSA) is 133 Å². The number of rotatable bonds is 8. The molecule has 3 fully saturated rings. The number of anilines is 2. The van der Waals surface area contributed by atoms with Gasteiger partial charge in [-0.1, -0.05) is 90.0 Å². The van der Waals surface area contributed by atoms with Crippen LogP contribution < -0.4 is 15.1 Å². The normalized spacial score (nSPS) is 25.1. The van der Waals surface area contributed by atoms with Crippen LogP contribution in [0.5, 0.6) is 11.5 Å². The number of benzene rings is 5. The van der Waals surface area contributed by atoms with Crippen LogP contribution in [0.3, 0.4) is 0 Å². The molecule has 0 radical (unpaired) electrons. The van der Waals surface area contributed by atoms with Gasteiger partial charge in [-0.25, -0.2) is 0 Å². The lowest BCUT2D eigenvalue weighted by Crippen LogP contribution is -2.53. The lowest BCUT2D eigenvalue weighted by atomic mass is 9.49. The van der Waals surface area contributed by atoms with Crippen molar-refractivity contribution in [1.29, 1.82) is 0 Å². The fourth-order valence-electron chi connectivity index (χ4n) is 9.75. The summed E-state index contributed by atoms with van der Waals surface area (Å²) in [6.07, 6.45) is 2.27. The molecule has 284 valence electrons. The van der Waals surface area contributed by atoms with Gasteiger partial charge in [0.15, 0.2) is 5.78 Å². The maximum atomic E-state index is 15.4. The number of phenolic OH excluding ortho intramolecular Hbond substituents is 1. The Bertz CT molecular complexity index is 2480. The minimum absolute atomic E-state index is 0.0932. The van der Waals surface area contributed by atoms with Crippen LogP contribution in [0.25, 0.3) is 0 Å². The van der Waals surface area contributed by atoms with Crippen LogP contribution in [0.4, 0.5) is 11.4 Å². The molecule has 6 atom stereocenters. The number of aryl methyl sites for hydroxylation is 1. The lowest BCUT2D eigenvalue weighted by molar-refractivity contribution is -0.138. The number of hydrogen-bond donors (Lipinski definition) is 2. The van der Waals surface area contributed by atoms with Crippen molar-refractivity contribution in [3.8, 4) is 11.5 Å². The number of ether oxygens (including phenoxy) is 1. The Morgan fingerprint density at radius 2 is 1.44 bits per heavy atom. The SMILES string of the molecule is COc1ccc(O)c([C@H]2C3=CC[C@@H]4C(=O)N(c5ccc(C(=O)c6ccccc6)cc5)C(=O)[C@@H]4[C@@H]3C[C@H]3C(=O)N(Nc4ccc(C)cc4)C(=O)[C@@]23c2ccccc2)c1. The Labute approximate surface area is 329 Å². The molecule has 4 aliphatic rings. The molecule has 10 heteroatoms. The van der Waals surface area contributed by atoms with Crippen LogP contribution in [-0.2, 0) is 24.6 Å². The third kappa shape index (κ3) is 5.50. The van der Waals surface area contributed by atoms with E-state index in [-0.39, 0.29) is 30.3 Å². The quantitative estimate of drug-likeness (QED) is 0.0971. The first kappa shape index (κ1) is 35.9. The van der Waals surface area contributed by atoms with Crippen LogP contribution >= 0.6 is 0 Å². The summed E-state index contributed by atoms with van der Waals surface area (Å²) < 4.78 is 5.62. The summed E-state index contributed by atoms with van der Waals surface area (Å²) in [5, 5.41) is 12.8. The number of hydrogen-bond acceptors (Lipinski definition) is 8. The molecule has 10 nitrogen and oxygen atoms in total. The van der Waals surface area contributed by atoms with Gasteiger partial charge < -0.3 is 9.84 Å². The van der Waals surface area contributed by atoms with E-state index in [9.17, 15) is 24.3 Å². The number of nitrogens with one attached hydrogen (secondary N) is 1. The average Bonchev–Trinajstić information content (AvgIpc) is 3.62. The number of hydrazine groups is 1. The van der Waals surface area contributed by atoms with Gasteiger partial charge in [0.2, 0.25) is 11.8 Å². The highest BCUT2D eigenvalue weighted by molar-refractivity contribution is 6.23. The molecule has 5 aromatic carbocycles. The van der Waals surface area contributed by atoms with Crippen LogP contribution in [0.1, 0.15) is 51.4 Å². The van der Waals surface area contributed by atoms with Crippen molar-refractivity contribution < 1.29 is 33.8 Å². The Morgan fingerprint density at radius 3 is 2.12 bits per heavy atom. The fraction of sp³-hybridized carbons (Fsp3) is 0.213. The Balaban J connectivity index is 1.16. The molecule has 2 aliphatic carbocycles. The molecule has 5 aromatic rings. The Morgan fingerprint density at radius 1 is 0.772 bits per heavy atom. The zero-order valence-corrected chi connectivity index (χ0v) is 31.3. The molecular weight excluding hydrogens is 719 g/mol. The van der Waals surface area contributed by atoms with Crippen molar-refractivity contribution in [3.63, 3.8) is 0 Å². The number of aromatic hydroxyl groups is 1. The lowest BCUT2D eigenvalue weighted by Gasteiger charge is -2.50. The summed E-state index contributed by atoms with van der Waals surface area (Å²) in [7, 11) is 1.51. The van der Waals surface area contributed by atoms with Crippen LogP contribution in [0, 0.1) is 30.6 Å². The van der Waals surface area contributed by atoms with Gasteiger partial charge >= 0.3 is 0 Å². The average molecular weight is 758 g/mol. The summed E-state index contributed by atoms with van der Waals surface area (Å²) in [4.78, 5) is 73.7. The summed E-state index contributed by atoms with van der Waals surface area (Å²) in [5.41, 5.74) is 6.09. The number of fused-ring (bicyclic) bond motifs is 4. The Hall–Kier alpha value is -6.81. The van der Waals surface area contributed by atoms with Crippen molar-refractivity contribution in [2.24, 2.45) is 23.7 Å². The molecule has 1 saturated carbocycles. The third-order valence-electron chi connectivity index (χ3n) is 12.4. The zero-order chi connectivity index (χ0) is 39.6. The first-order chi connectivity index (χ1) is 27.6. The zero-order valence-electron chi connectivity index (χ0n) is 31.3. The maximum absolute atomic E-state index is 15.4. The number of carbonyl (C=O) groups is 5. The predicted molar refractivity (Wildman–Crippen MR) is 212 cm³/mol. The molecule has 2 aliphatic heterocycles. The van der Waals surface area contributed by atoms with E-state index in [1.54, 1.807) is 72.8 Å². The van der Waals surface area contributed by atoms with Crippen molar-refractivity contribution in [2.75, 3.05) is 17.4 Å². The molecule has 0 unspecified atom stereocenters. The molecule has 9 rings (SSSR count). The number of carbonyl (C=O) groups excluding carboxylic acids is 5. The first-order valence-corrected chi connectivity index (χ1v) is 19.0. The van der Waals surface area contributed by atoms with E-state index in [1.165, 1.54) is 18.1 Å². The van der Waals surface area contributed by atoms with E-state index < -0.39 is 52.7 Å². The predicted octanol–water partition coefficient (Wildman–Crippen LogP) is 7.13. The van der Waals surface area contributed by atoms with Gasteiger partial charge in [0.1, 0.15) is 11.5 Å². The van der Waals surface area contributed by atoms with E-state index in [4.69, 9.17) is 4.74 Å². The van der Waals surface area contributed by atoms with E-state index in [2.05, 4.69) is 5.43 Å². The molecule has 0 bridgehead atoms. The van der Waals surface area contributed by atoms with Crippen molar-refractivity contribution >= 4 is 40.8 Å². The van der Waals surface area contributed by atoms with Crippen molar-refractivity contribution in [2.45, 2.75) is 31.1 Å². The maximum Gasteiger partial charge on any atom is 0.260 e. The molecule has 0 spiro atoms. The largest absolute Gasteiger partial charge is 0.508 e. The number of imide groups is 2. The number of ketones is 1. The standard InChI is InChI=1S/C47H39N3O7/c1-27-13-17-31(18-14-27)48-50-44(54)38-26-36-34(41(37-25-33(57-2)21-24-39(37)51)47(38,46(50)56)30-11-7-4-8-12-30)22-23-35-40(36)45(55)49(43(35)53)32-19-15-29(16-20-32)42(52)28-9-5-3-6-10-28/h3-22,24-25,35-36,38,40-41,48,51H,23,26H2,1-2H3/t35-,36+,38-,40-,41+,47+/m0/s1. The number of nitrogens with zero attached hydrogens (tertiary/aromatic N) is 2. The van der Waals surface area contributed by atoms with Crippen LogP contribution in [-0.4, -0.2) is 46.6 Å². The minimum Gasteiger partial charge on any atom is -0.508 e. The third-order valence-corrected chi connectivity index (χ3v) is 12.4.